The van der Waals surface area contributed by atoms with Crippen molar-refractivity contribution in [2.24, 2.45) is 58.1 Å². The summed E-state index contributed by atoms with van der Waals surface area (Å²) in [6.07, 6.45) is -2.84. The third-order valence-electron chi connectivity index (χ3n) is 9.65. The average molecular weight is 759 g/mol. The van der Waals surface area contributed by atoms with E-state index in [-0.39, 0.29) is 11.8 Å². The molecule has 0 aromatic rings. The number of hydrogen-bond acceptors (Lipinski definition) is 14. The van der Waals surface area contributed by atoms with Crippen molar-refractivity contribution >= 4 is 35.5 Å². The van der Waals surface area contributed by atoms with E-state index in [0.29, 0.717) is 6.42 Å². The van der Waals surface area contributed by atoms with Gasteiger partial charge in [-0.25, -0.2) is 9.69 Å². The van der Waals surface area contributed by atoms with E-state index in [1.54, 1.807) is 41.5 Å². The molecule has 0 aliphatic rings. The Balaban J connectivity index is 6.91. The first-order valence-corrected chi connectivity index (χ1v) is 18.0. The molecule has 3 unspecified atom stereocenters. The van der Waals surface area contributed by atoms with E-state index in [4.69, 9.17) is 39.1 Å². The highest BCUT2D eigenvalue weighted by Crippen LogP contribution is 2.31. The van der Waals surface area contributed by atoms with Crippen LogP contribution in [-0.2, 0) is 33.5 Å². The highest BCUT2D eigenvalue weighted by molar-refractivity contribution is 5.93. The molecule has 0 heterocycles. The Morgan fingerprint density at radius 3 is 1.60 bits per heavy atom. The summed E-state index contributed by atoms with van der Waals surface area (Å²) in [6.45, 7) is 18.4. The summed E-state index contributed by atoms with van der Waals surface area (Å²) >= 11 is 0. The van der Waals surface area contributed by atoms with Gasteiger partial charge in [-0.1, -0.05) is 55.4 Å². The largest absolute Gasteiger partial charge is 0.425 e. The van der Waals surface area contributed by atoms with Crippen molar-refractivity contribution in [2.75, 3.05) is 21.1 Å². The molecule has 0 rings (SSSR count). The zero-order valence-corrected chi connectivity index (χ0v) is 34.2. The number of carbonyl (C=O) groups excluding carboxylic acids is 6. The third kappa shape index (κ3) is 12.5. The molecule has 0 aliphatic carbocycles. The number of hydrogen-bond donors (Lipinski definition) is 9. The van der Waals surface area contributed by atoms with Gasteiger partial charge in [-0.3, -0.25) is 34.6 Å². The molecule has 5 amide bonds. The fourth-order valence-electron chi connectivity index (χ4n) is 5.25. The van der Waals surface area contributed by atoms with Crippen molar-refractivity contribution in [1.82, 2.24) is 30.7 Å². The predicted molar refractivity (Wildman–Crippen MR) is 202 cm³/mol. The molecule has 19 nitrogen and oxygen atoms in total. The van der Waals surface area contributed by atoms with Crippen LogP contribution in [0.5, 0.6) is 0 Å². The Morgan fingerprint density at radius 1 is 0.679 bits per heavy atom. The lowest BCUT2D eigenvalue weighted by Gasteiger charge is -2.52. The van der Waals surface area contributed by atoms with Gasteiger partial charge in [0.25, 0.3) is 0 Å². The molecule has 0 radical (unpaired) electrons. The van der Waals surface area contributed by atoms with Crippen LogP contribution in [0.25, 0.3) is 0 Å². The molecule has 0 aromatic heterocycles. The van der Waals surface area contributed by atoms with Gasteiger partial charge in [0, 0.05) is 14.1 Å². The molecular formula is C34H70N12O7. The summed E-state index contributed by atoms with van der Waals surface area (Å²) in [5, 5.41) is 7.90. The zero-order valence-electron chi connectivity index (χ0n) is 34.2. The third-order valence-corrected chi connectivity index (χ3v) is 9.65. The first kappa shape index (κ1) is 49.5. The van der Waals surface area contributed by atoms with Gasteiger partial charge in [0.15, 0.2) is 12.0 Å². The average Bonchev–Trinajstić information content (AvgIpc) is 3.05. The number of nitrogens with zero attached hydrogens (tertiary/aromatic N) is 3. The zero-order chi connectivity index (χ0) is 42.1. The number of likely N-dealkylation sites (N-methyl/N-ethyl adjacent to an activating group) is 3. The van der Waals surface area contributed by atoms with Crippen LogP contribution in [0.1, 0.15) is 82.6 Å². The Hall–Kier alpha value is -3.46. The molecular weight excluding hydrogens is 688 g/mol. The maximum Gasteiger partial charge on any atom is 0.346 e. The molecule has 19 heteroatoms. The molecule has 9 atom stereocenters. The van der Waals surface area contributed by atoms with Crippen molar-refractivity contribution in [1.29, 1.82) is 0 Å². The number of rotatable bonds is 20. The number of esters is 1. The quantitative estimate of drug-likeness (QED) is 0.0454. The Bertz CT molecular complexity index is 1280. The normalized spacial score (nSPS) is 18.2. The van der Waals surface area contributed by atoms with Crippen LogP contribution in [-0.4, -0.2) is 125 Å². The lowest BCUT2D eigenvalue weighted by Crippen LogP contribution is -2.82. The van der Waals surface area contributed by atoms with Crippen LogP contribution >= 0.6 is 0 Å². The summed E-state index contributed by atoms with van der Waals surface area (Å²) in [4.78, 5) is 83.5. The van der Waals surface area contributed by atoms with Gasteiger partial charge in [0.2, 0.25) is 35.9 Å². The van der Waals surface area contributed by atoms with Gasteiger partial charge in [0.05, 0.1) is 23.7 Å². The van der Waals surface area contributed by atoms with Gasteiger partial charge >= 0.3 is 5.97 Å². The molecule has 0 saturated carbocycles. The number of ether oxygens (including phenoxy) is 1. The van der Waals surface area contributed by atoms with Gasteiger partial charge in [-0.05, 0) is 57.9 Å². The summed E-state index contributed by atoms with van der Waals surface area (Å²) in [6, 6.07) is -5.12. The Kier molecular flexibility index (Phi) is 19.0. The first-order valence-electron chi connectivity index (χ1n) is 18.0. The van der Waals surface area contributed by atoms with E-state index in [9.17, 15) is 28.8 Å². The van der Waals surface area contributed by atoms with E-state index < -0.39 is 101 Å². The summed E-state index contributed by atoms with van der Waals surface area (Å²) in [5.41, 5.74) is 33.8. The second kappa shape index (κ2) is 20.3. The number of carbonyl (C=O) groups is 6. The second-order valence-corrected chi connectivity index (χ2v) is 15.6. The number of amides is 5. The van der Waals surface area contributed by atoms with Crippen molar-refractivity contribution in [3.63, 3.8) is 0 Å². The molecule has 308 valence electrons. The van der Waals surface area contributed by atoms with Crippen molar-refractivity contribution < 1.29 is 33.5 Å². The maximum atomic E-state index is 14.2. The molecule has 0 saturated heterocycles. The first-order chi connectivity index (χ1) is 24.0. The van der Waals surface area contributed by atoms with E-state index in [1.807, 2.05) is 13.8 Å². The van der Waals surface area contributed by atoms with E-state index in [0.717, 1.165) is 14.7 Å². The summed E-state index contributed by atoms with van der Waals surface area (Å²) in [7, 11) is 3.98. The van der Waals surface area contributed by atoms with Gasteiger partial charge in [-0.15, -0.1) is 0 Å². The van der Waals surface area contributed by atoms with Crippen molar-refractivity contribution in [3.05, 3.63) is 0 Å². The maximum absolute atomic E-state index is 14.2. The minimum atomic E-state index is -2.36. The van der Waals surface area contributed by atoms with Crippen LogP contribution in [0.15, 0.2) is 0 Å². The second-order valence-electron chi connectivity index (χ2n) is 15.6. The predicted octanol–water partition coefficient (Wildman–Crippen LogP) is -2.60. The van der Waals surface area contributed by atoms with E-state index in [1.165, 1.54) is 41.9 Å². The number of nitrogens with one attached hydrogen (secondary N) is 3. The molecule has 15 N–H and O–H groups in total. The molecule has 0 aliphatic heterocycles. The fraction of sp³-hybridized carbons (Fsp3) is 0.824. The van der Waals surface area contributed by atoms with Crippen LogP contribution in [0.4, 0.5) is 0 Å². The lowest BCUT2D eigenvalue weighted by atomic mass is 9.76. The minimum Gasteiger partial charge on any atom is -0.425 e. The van der Waals surface area contributed by atoms with Crippen LogP contribution in [0, 0.1) is 23.7 Å². The topological polar surface area (TPSA) is 314 Å². The van der Waals surface area contributed by atoms with Crippen LogP contribution in [0.3, 0.4) is 0 Å². The molecule has 53 heavy (non-hydrogen) atoms. The smallest absolute Gasteiger partial charge is 0.346 e. The van der Waals surface area contributed by atoms with Crippen molar-refractivity contribution in [2.45, 2.75) is 137 Å². The van der Waals surface area contributed by atoms with Crippen LogP contribution in [0.2, 0.25) is 0 Å². The highest BCUT2D eigenvalue weighted by atomic mass is 16.6. The van der Waals surface area contributed by atoms with Gasteiger partial charge < -0.3 is 54.3 Å². The Morgan fingerprint density at radius 2 is 1.19 bits per heavy atom. The minimum absolute atomic E-state index is 0.0973. The monoisotopic (exact) mass is 759 g/mol. The summed E-state index contributed by atoms with van der Waals surface area (Å²) < 4.78 is 5.58. The SMILES string of the molecule is CC(C)CC(N)C(=O)N(C)[C@@H](N)OC(=O)[C@](N)(N(C)[C@H](NC(=O)[C@H](NC(=O)C(C)NC(=O)C(N)C(C)C)C(C)C)N(C)C(=O)[C@@H](C)N)[C@](C)(N)C(C)C. The molecule has 0 bridgehead atoms. The van der Waals surface area contributed by atoms with E-state index in [2.05, 4.69) is 16.0 Å². The van der Waals surface area contributed by atoms with Crippen LogP contribution < -0.4 is 50.4 Å². The van der Waals surface area contributed by atoms with Crippen molar-refractivity contribution in [3.8, 4) is 0 Å². The van der Waals surface area contributed by atoms with Gasteiger partial charge in [-0.2, -0.15) is 0 Å². The molecule has 0 aromatic carbocycles. The Labute approximate surface area is 315 Å². The molecule has 0 spiro atoms. The summed E-state index contributed by atoms with van der Waals surface area (Å²) in [5.74, 6) is -5.59. The fourth-order valence-corrected chi connectivity index (χ4v) is 5.25. The van der Waals surface area contributed by atoms with E-state index >= 15 is 0 Å². The van der Waals surface area contributed by atoms with Gasteiger partial charge in [0.1, 0.15) is 12.1 Å². The standard InChI is InChI=1S/C34H70N12O7/c1-16(2)15-22(36)29(51)44(12)31(38)53-30(52)34(40,33(11,39)19(7)8)46(14)32(45(13)28(50)20(9)35)43-27(49)24(18(5)6)42-25(47)21(10)41-26(48)23(37)17(3)4/h16-24,31-32H,15,35-40H2,1-14H3,(H,41,48)(H,42,47)(H,43,49)/t20-,21?,22?,23?,24-,31-,32-,33-,34+/m1/s1. The highest BCUT2D eigenvalue weighted by Gasteiger charge is 2.58. The number of nitrogens with two attached hydrogens (primary N) is 6. The lowest BCUT2D eigenvalue weighted by molar-refractivity contribution is -0.188. The molecule has 0 fully saturated rings.